The molecule has 1 aliphatic rings. The first kappa shape index (κ1) is 15.4. The van der Waals surface area contributed by atoms with Gasteiger partial charge >= 0.3 is 0 Å². The summed E-state index contributed by atoms with van der Waals surface area (Å²) < 4.78 is 12.9. The van der Waals surface area contributed by atoms with E-state index in [2.05, 4.69) is 23.9 Å². The Balaban J connectivity index is 1.83. The summed E-state index contributed by atoms with van der Waals surface area (Å²) >= 11 is 0. The topological polar surface area (TPSA) is 26.7 Å². The molecule has 0 saturated carbocycles. The molecule has 2 atom stereocenters. The Labute approximate surface area is 121 Å². The number of rotatable bonds is 6. The average Bonchev–Trinajstić information content (AvgIpc) is 2.83. The molecule has 1 aromatic carbocycles. The van der Waals surface area contributed by atoms with Crippen LogP contribution in [-0.4, -0.2) is 54.7 Å². The van der Waals surface area contributed by atoms with Crippen LogP contribution in [0.2, 0.25) is 0 Å². The maximum Gasteiger partial charge on any atom is 0.123 e. The van der Waals surface area contributed by atoms with E-state index in [1.165, 1.54) is 25.0 Å². The van der Waals surface area contributed by atoms with Crippen LogP contribution in [0.3, 0.4) is 0 Å². The molecular formula is C16H25FN2O. The zero-order valence-electron chi connectivity index (χ0n) is 12.4. The van der Waals surface area contributed by atoms with Gasteiger partial charge in [0.1, 0.15) is 5.82 Å². The molecule has 0 spiro atoms. The Morgan fingerprint density at radius 3 is 2.70 bits per heavy atom. The Hall–Kier alpha value is -0.970. The summed E-state index contributed by atoms with van der Waals surface area (Å²) in [5, 5.41) is 10.2. The summed E-state index contributed by atoms with van der Waals surface area (Å²) in [6.07, 6.45) is 2.68. The molecular weight excluding hydrogens is 255 g/mol. The van der Waals surface area contributed by atoms with Crippen molar-refractivity contribution in [3.05, 3.63) is 35.6 Å². The lowest BCUT2D eigenvalue weighted by Gasteiger charge is -2.27. The molecule has 20 heavy (non-hydrogen) atoms. The van der Waals surface area contributed by atoms with E-state index in [0.717, 1.165) is 25.2 Å². The van der Waals surface area contributed by atoms with E-state index in [9.17, 15) is 9.50 Å². The highest BCUT2D eigenvalue weighted by Gasteiger charge is 2.25. The number of benzene rings is 1. The molecule has 1 saturated heterocycles. The third-order valence-corrected chi connectivity index (χ3v) is 4.02. The summed E-state index contributed by atoms with van der Waals surface area (Å²) in [5.41, 5.74) is 0.801. The second-order valence-corrected chi connectivity index (χ2v) is 5.95. The van der Waals surface area contributed by atoms with Gasteiger partial charge in [0.2, 0.25) is 0 Å². The summed E-state index contributed by atoms with van der Waals surface area (Å²) in [6, 6.07) is 6.75. The monoisotopic (exact) mass is 280 g/mol. The van der Waals surface area contributed by atoms with E-state index in [1.54, 1.807) is 12.1 Å². The first-order chi connectivity index (χ1) is 9.56. The van der Waals surface area contributed by atoms with E-state index in [-0.39, 0.29) is 5.82 Å². The van der Waals surface area contributed by atoms with E-state index < -0.39 is 6.10 Å². The minimum atomic E-state index is -0.504. The Kier molecular flexibility index (Phi) is 5.52. The normalized spacial score (nSPS) is 21.6. The second kappa shape index (κ2) is 7.16. The van der Waals surface area contributed by atoms with Gasteiger partial charge in [-0.15, -0.1) is 0 Å². The molecule has 0 amide bonds. The molecule has 2 rings (SSSR count). The first-order valence-corrected chi connectivity index (χ1v) is 7.38. The average molecular weight is 280 g/mol. The number of aliphatic hydroxyl groups excluding tert-OH is 1. The third-order valence-electron chi connectivity index (χ3n) is 4.02. The van der Waals surface area contributed by atoms with Gasteiger partial charge in [-0.25, -0.2) is 4.39 Å². The van der Waals surface area contributed by atoms with Crippen LogP contribution in [0.25, 0.3) is 0 Å². The van der Waals surface area contributed by atoms with Crippen molar-refractivity contribution < 1.29 is 9.50 Å². The molecule has 3 nitrogen and oxygen atoms in total. The van der Waals surface area contributed by atoms with Crippen molar-refractivity contribution in [2.45, 2.75) is 31.4 Å². The molecule has 0 aromatic heterocycles. The maximum absolute atomic E-state index is 12.9. The van der Waals surface area contributed by atoms with Crippen molar-refractivity contribution in [1.29, 1.82) is 0 Å². The van der Waals surface area contributed by atoms with Crippen LogP contribution in [0.4, 0.5) is 4.39 Å². The lowest BCUT2D eigenvalue weighted by molar-refractivity contribution is 0.131. The lowest BCUT2D eigenvalue weighted by atomic mass is 10.1. The SMILES string of the molecule is CN(C)CC1CCCN1CCC(O)c1ccc(F)cc1. The number of likely N-dealkylation sites (tertiary alicyclic amines) is 1. The van der Waals surface area contributed by atoms with Crippen LogP contribution in [0, 0.1) is 5.82 Å². The Bertz CT molecular complexity index is 407. The number of hydrogen-bond acceptors (Lipinski definition) is 3. The van der Waals surface area contributed by atoms with Gasteiger partial charge in [-0.1, -0.05) is 12.1 Å². The maximum atomic E-state index is 12.9. The number of hydrogen-bond donors (Lipinski definition) is 1. The van der Waals surface area contributed by atoms with Gasteiger partial charge in [0.25, 0.3) is 0 Å². The molecule has 0 aliphatic carbocycles. The van der Waals surface area contributed by atoms with E-state index in [0.29, 0.717) is 12.5 Å². The number of nitrogens with zero attached hydrogens (tertiary/aromatic N) is 2. The lowest BCUT2D eigenvalue weighted by Crippen LogP contribution is -2.38. The zero-order valence-corrected chi connectivity index (χ0v) is 12.4. The smallest absolute Gasteiger partial charge is 0.123 e. The highest BCUT2D eigenvalue weighted by Crippen LogP contribution is 2.22. The fourth-order valence-corrected chi connectivity index (χ4v) is 2.96. The van der Waals surface area contributed by atoms with Crippen molar-refractivity contribution in [3.63, 3.8) is 0 Å². The molecule has 0 bridgehead atoms. The van der Waals surface area contributed by atoms with Crippen LogP contribution in [0.15, 0.2) is 24.3 Å². The summed E-state index contributed by atoms with van der Waals surface area (Å²) in [4.78, 5) is 4.69. The van der Waals surface area contributed by atoms with E-state index in [4.69, 9.17) is 0 Å². The van der Waals surface area contributed by atoms with Gasteiger partial charge in [-0.2, -0.15) is 0 Å². The van der Waals surface area contributed by atoms with Crippen LogP contribution in [-0.2, 0) is 0 Å². The predicted molar refractivity (Wildman–Crippen MR) is 79.1 cm³/mol. The second-order valence-electron chi connectivity index (χ2n) is 5.95. The molecule has 0 radical (unpaired) electrons. The molecule has 4 heteroatoms. The highest BCUT2D eigenvalue weighted by molar-refractivity contribution is 5.18. The molecule has 1 heterocycles. The molecule has 1 fully saturated rings. The minimum absolute atomic E-state index is 0.258. The summed E-state index contributed by atoms with van der Waals surface area (Å²) in [7, 11) is 4.20. The largest absolute Gasteiger partial charge is 0.388 e. The standard InChI is InChI=1S/C16H25FN2O/c1-18(2)12-15-4-3-10-19(15)11-9-16(20)13-5-7-14(17)8-6-13/h5-8,15-16,20H,3-4,9-12H2,1-2H3. The van der Waals surface area contributed by atoms with Crippen molar-refractivity contribution in [3.8, 4) is 0 Å². The van der Waals surface area contributed by atoms with Crippen molar-refractivity contribution in [2.24, 2.45) is 0 Å². The van der Waals surface area contributed by atoms with Crippen molar-refractivity contribution >= 4 is 0 Å². The zero-order chi connectivity index (χ0) is 14.5. The van der Waals surface area contributed by atoms with Crippen molar-refractivity contribution in [1.82, 2.24) is 9.80 Å². The molecule has 2 unspecified atom stereocenters. The van der Waals surface area contributed by atoms with Crippen LogP contribution in [0.1, 0.15) is 30.9 Å². The fourth-order valence-electron chi connectivity index (χ4n) is 2.96. The van der Waals surface area contributed by atoms with Crippen molar-refractivity contribution in [2.75, 3.05) is 33.7 Å². The van der Waals surface area contributed by atoms with Gasteiger partial charge in [0.05, 0.1) is 6.10 Å². The Morgan fingerprint density at radius 2 is 2.05 bits per heavy atom. The van der Waals surface area contributed by atoms with Crippen LogP contribution in [0.5, 0.6) is 0 Å². The van der Waals surface area contributed by atoms with Gasteiger partial charge in [-0.05, 0) is 57.6 Å². The molecule has 1 aliphatic heterocycles. The van der Waals surface area contributed by atoms with Gasteiger partial charge in [0.15, 0.2) is 0 Å². The third kappa shape index (κ3) is 4.27. The number of aliphatic hydroxyl groups is 1. The number of halogens is 1. The van der Waals surface area contributed by atoms with E-state index in [1.807, 2.05) is 0 Å². The van der Waals surface area contributed by atoms with E-state index >= 15 is 0 Å². The molecule has 1 N–H and O–H groups in total. The summed E-state index contributed by atoms with van der Waals surface area (Å²) in [5.74, 6) is -0.258. The van der Waals surface area contributed by atoms with Gasteiger partial charge in [-0.3, -0.25) is 4.90 Å². The van der Waals surface area contributed by atoms with Crippen LogP contribution >= 0.6 is 0 Å². The molecule has 1 aromatic rings. The minimum Gasteiger partial charge on any atom is -0.388 e. The van der Waals surface area contributed by atoms with Crippen LogP contribution < -0.4 is 0 Å². The fraction of sp³-hybridized carbons (Fsp3) is 0.625. The summed E-state index contributed by atoms with van der Waals surface area (Å²) in [6.45, 7) is 3.10. The molecule has 112 valence electrons. The highest BCUT2D eigenvalue weighted by atomic mass is 19.1. The quantitative estimate of drug-likeness (QED) is 0.866. The van der Waals surface area contributed by atoms with Gasteiger partial charge < -0.3 is 10.0 Å². The van der Waals surface area contributed by atoms with Gasteiger partial charge in [0, 0.05) is 19.1 Å². The Morgan fingerprint density at radius 1 is 1.35 bits per heavy atom. The number of likely N-dealkylation sites (N-methyl/N-ethyl adjacent to an activating group) is 1. The predicted octanol–water partition coefficient (Wildman–Crippen LogP) is 2.28. The first-order valence-electron chi connectivity index (χ1n) is 7.38.